The Balaban J connectivity index is 1.76. The van der Waals surface area contributed by atoms with E-state index in [2.05, 4.69) is 51.9 Å². The second-order valence-electron chi connectivity index (χ2n) is 4.93. The summed E-state index contributed by atoms with van der Waals surface area (Å²) in [6.45, 7) is 6.96. The summed E-state index contributed by atoms with van der Waals surface area (Å²) in [4.78, 5) is 10.3. The molecule has 0 fully saturated rings. The molecule has 0 unspecified atom stereocenters. The molecule has 0 aliphatic rings. The van der Waals surface area contributed by atoms with E-state index in [9.17, 15) is 0 Å². The zero-order valence-corrected chi connectivity index (χ0v) is 13.9. The van der Waals surface area contributed by atoms with Crippen molar-refractivity contribution in [2.75, 3.05) is 5.32 Å². The van der Waals surface area contributed by atoms with Crippen molar-refractivity contribution in [2.24, 2.45) is 0 Å². The van der Waals surface area contributed by atoms with Crippen LogP contribution in [0.2, 0.25) is 0 Å². The Kier molecular flexibility index (Phi) is 4.03. The molecular weight excluding hydrogens is 298 g/mol. The van der Waals surface area contributed by atoms with Gasteiger partial charge >= 0.3 is 0 Å². The first kappa shape index (κ1) is 14.2. The van der Waals surface area contributed by atoms with Crippen molar-refractivity contribution in [3.05, 3.63) is 50.2 Å². The quantitative estimate of drug-likeness (QED) is 0.751. The molecule has 3 aromatic rings. The first-order valence-electron chi connectivity index (χ1n) is 6.81. The topological polar surface area (TPSA) is 37.8 Å². The summed E-state index contributed by atoms with van der Waals surface area (Å²) in [6, 6.07) is 8.41. The number of rotatable bonds is 4. The number of aryl methyl sites for hydroxylation is 3. The summed E-state index contributed by atoms with van der Waals surface area (Å²) in [5.74, 6) is 0. The van der Waals surface area contributed by atoms with E-state index in [-0.39, 0.29) is 0 Å². The number of hydrogen-bond acceptors (Lipinski definition) is 5. The van der Waals surface area contributed by atoms with Crippen molar-refractivity contribution in [1.29, 1.82) is 0 Å². The Bertz CT molecular complexity index is 758. The van der Waals surface area contributed by atoms with Gasteiger partial charge in [0.2, 0.25) is 0 Å². The van der Waals surface area contributed by atoms with Crippen LogP contribution in [0.5, 0.6) is 0 Å². The third kappa shape index (κ3) is 3.31. The van der Waals surface area contributed by atoms with Crippen molar-refractivity contribution < 1.29 is 0 Å². The van der Waals surface area contributed by atoms with E-state index in [0.29, 0.717) is 0 Å². The third-order valence-corrected chi connectivity index (χ3v) is 5.08. The van der Waals surface area contributed by atoms with E-state index in [1.165, 1.54) is 4.88 Å². The molecule has 108 valence electrons. The summed E-state index contributed by atoms with van der Waals surface area (Å²) in [5.41, 5.74) is 4.44. The van der Waals surface area contributed by atoms with Crippen LogP contribution in [0.25, 0.3) is 11.3 Å². The number of hydrogen-bond donors (Lipinski definition) is 1. The number of benzene rings is 1. The van der Waals surface area contributed by atoms with Gasteiger partial charge in [-0.2, -0.15) is 0 Å². The minimum Gasteiger partial charge on any atom is -0.380 e. The van der Waals surface area contributed by atoms with E-state index in [1.54, 1.807) is 22.7 Å². The van der Waals surface area contributed by atoms with E-state index in [0.717, 1.165) is 39.2 Å². The monoisotopic (exact) mass is 315 g/mol. The Morgan fingerprint density at radius 1 is 1.10 bits per heavy atom. The van der Waals surface area contributed by atoms with Crippen molar-refractivity contribution in [3.8, 4) is 11.3 Å². The van der Waals surface area contributed by atoms with E-state index in [1.807, 2.05) is 13.8 Å². The number of aromatic nitrogens is 2. The molecule has 3 rings (SSSR count). The number of thiazole rings is 2. The molecule has 5 heteroatoms. The molecule has 0 atom stereocenters. The highest BCUT2D eigenvalue weighted by Gasteiger charge is 2.06. The summed E-state index contributed by atoms with van der Waals surface area (Å²) < 4.78 is 0. The predicted molar refractivity (Wildman–Crippen MR) is 91.2 cm³/mol. The van der Waals surface area contributed by atoms with Crippen LogP contribution in [0, 0.1) is 20.8 Å². The lowest BCUT2D eigenvalue weighted by molar-refractivity contribution is 1.11. The van der Waals surface area contributed by atoms with Crippen molar-refractivity contribution in [2.45, 2.75) is 27.3 Å². The van der Waals surface area contributed by atoms with Gasteiger partial charge in [0.15, 0.2) is 0 Å². The number of anilines is 1. The standard InChI is InChI=1S/C16H17N3S2/c1-10-16(21-12(3)18-10)8-17-14-6-4-5-13(7-14)15-9-20-11(2)19-15/h4-7,9,17H,8H2,1-3H3. The van der Waals surface area contributed by atoms with Crippen molar-refractivity contribution in [1.82, 2.24) is 9.97 Å². The van der Waals surface area contributed by atoms with Gasteiger partial charge in [-0.1, -0.05) is 12.1 Å². The van der Waals surface area contributed by atoms with E-state index >= 15 is 0 Å². The molecule has 1 aromatic carbocycles. The first-order valence-corrected chi connectivity index (χ1v) is 8.51. The Labute approximate surface area is 132 Å². The Morgan fingerprint density at radius 3 is 2.62 bits per heavy atom. The lowest BCUT2D eigenvalue weighted by atomic mass is 10.1. The summed E-state index contributed by atoms with van der Waals surface area (Å²) in [6.07, 6.45) is 0. The first-order chi connectivity index (χ1) is 10.1. The molecule has 0 saturated heterocycles. The normalized spacial score (nSPS) is 10.8. The maximum atomic E-state index is 4.54. The molecule has 0 amide bonds. The highest BCUT2D eigenvalue weighted by molar-refractivity contribution is 7.11. The molecule has 0 aliphatic heterocycles. The second kappa shape index (κ2) is 5.95. The average Bonchev–Trinajstić information content (AvgIpc) is 3.03. The molecule has 0 radical (unpaired) electrons. The molecule has 1 N–H and O–H groups in total. The van der Waals surface area contributed by atoms with Gasteiger partial charge in [0.05, 0.1) is 27.9 Å². The fourth-order valence-corrected chi connectivity index (χ4v) is 3.70. The van der Waals surface area contributed by atoms with Crippen LogP contribution in [-0.4, -0.2) is 9.97 Å². The molecule has 2 heterocycles. The zero-order valence-electron chi connectivity index (χ0n) is 12.3. The molecule has 0 spiro atoms. The summed E-state index contributed by atoms with van der Waals surface area (Å²) in [5, 5.41) is 7.80. The highest BCUT2D eigenvalue weighted by Crippen LogP contribution is 2.25. The van der Waals surface area contributed by atoms with Crippen molar-refractivity contribution in [3.63, 3.8) is 0 Å². The van der Waals surface area contributed by atoms with Crippen LogP contribution in [0.1, 0.15) is 20.6 Å². The molecular formula is C16H17N3S2. The molecule has 0 bridgehead atoms. The molecule has 2 aromatic heterocycles. The number of nitrogens with one attached hydrogen (secondary N) is 1. The van der Waals surface area contributed by atoms with Gasteiger partial charge in [-0.05, 0) is 32.9 Å². The van der Waals surface area contributed by atoms with Crippen LogP contribution < -0.4 is 5.32 Å². The maximum Gasteiger partial charge on any atom is 0.0901 e. The van der Waals surface area contributed by atoms with E-state index < -0.39 is 0 Å². The van der Waals surface area contributed by atoms with Crippen LogP contribution >= 0.6 is 22.7 Å². The molecule has 3 nitrogen and oxygen atoms in total. The van der Waals surface area contributed by atoms with Gasteiger partial charge < -0.3 is 5.32 Å². The SMILES string of the molecule is Cc1nc(-c2cccc(NCc3sc(C)nc3C)c2)cs1. The molecule has 0 aliphatic carbocycles. The minimum atomic E-state index is 0.816. The Hall–Kier alpha value is -1.72. The minimum absolute atomic E-state index is 0.816. The number of nitrogens with zero attached hydrogens (tertiary/aromatic N) is 2. The average molecular weight is 315 g/mol. The van der Waals surface area contributed by atoms with Gasteiger partial charge in [-0.3, -0.25) is 0 Å². The van der Waals surface area contributed by atoms with Crippen LogP contribution in [0.3, 0.4) is 0 Å². The second-order valence-corrected chi connectivity index (χ2v) is 7.28. The molecule has 0 saturated carbocycles. The third-order valence-electron chi connectivity index (χ3n) is 3.23. The largest absolute Gasteiger partial charge is 0.380 e. The maximum absolute atomic E-state index is 4.54. The van der Waals surface area contributed by atoms with Crippen LogP contribution in [-0.2, 0) is 6.54 Å². The Morgan fingerprint density at radius 2 is 1.95 bits per heavy atom. The van der Waals surface area contributed by atoms with Gasteiger partial charge in [0.25, 0.3) is 0 Å². The fourth-order valence-electron chi connectivity index (χ4n) is 2.20. The fraction of sp³-hybridized carbons (Fsp3) is 0.250. The van der Waals surface area contributed by atoms with Gasteiger partial charge in [-0.15, -0.1) is 22.7 Å². The smallest absolute Gasteiger partial charge is 0.0901 e. The van der Waals surface area contributed by atoms with Gasteiger partial charge in [0.1, 0.15) is 0 Å². The highest BCUT2D eigenvalue weighted by atomic mass is 32.1. The lowest BCUT2D eigenvalue weighted by Crippen LogP contribution is -1.99. The lowest BCUT2D eigenvalue weighted by Gasteiger charge is -2.07. The summed E-state index contributed by atoms with van der Waals surface area (Å²) in [7, 11) is 0. The van der Waals surface area contributed by atoms with E-state index in [4.69, 9.17) is 0 Å². The van der Waals surface area contributed by atoms with Gasteiger partial charge in [0, 0.05) is 21.5 Å². The summed E-state index contributed by atoms with van der Waals surface area (Å²) >= 11 is 3.44. The predicted octanol–water partition coefficient (Wildman–Crippen LogP) is 4.80. The van der Waals surface area contributed by atoms with Crippen LogP contribution in [0.15, 0.2) is 29.6 Å². The zero-order chi connectivity index (χ0) is 14.8. The van der Waals surface area contributed by atoms with Crippen molar-refractivity contribution >= 4 is 28.4 Å². The van der Waals surface area contributed by atoms with Crippen LogP contribution in [0.4, 0.5) is 5.69 Å². The molecule has 21 heavy (non-hydrogen) atoms. The van der Waals surface area contributed by atoms with Gasteiger partial charge in [-0.25, -0.2) is 9.97 Å².